The number of hydrogen-bond acceptors (Lipinski definition) is 7. The van der Waals surface area contributed by atoms with Gasteiger partial charge in [0.25, 0.3) is 0 Å². The first-order chi connectivity index (χ1) is 13.6. The molecule has 0 atom stereocenters. The van der Waals surface area contributed by atoms with Gasteiger partial charge in [-0.15, -0.1) is 5.10 Å². The number of carbonyl (C=O) groups excluding carboxylic acids is 1. The molecule has 0 spiro atoms. The van der Waals surface area contributed by atoms with Crippen LogP contribution in [0.25, 0.3) is 22.4 Å². The first-order valence-electron chi connectivity index (χ1n) is 8.87. The fourth-order valence-electron chi connectivity index (χ4n) is 3.39. The summed E-state index contributed by atoms with van der Waals surface area (Å²) in [5, 5.41) is 7.80. The topological polar surface area (TPSA) is 102 Å². The van der Waals surface area contributed by atoms with Crippen LogP contribution in [0.2, 0.25) is 0 Å². The van der Waals surface area contributed by atoms with Crippen LogP contribution in [-0.4, -0.2) is 66.0 Å². The lowest BCUT2D eigenvalue weighted by Gasteiger charge is -2.38. The Hall–Kier alpha value is -3.69. The van der Waals surface area contributed by atoms with Gasteiger partial charge in [0.15, 0.2) is 0 Å². The zero-order valence-corrected chi connectivity index (χ0v) is 15.4. The minimum Gasteiger partial charge on any atom is -0.479 e. The minimum absolute atomic E-state index is 0.0746. The molecule has 1 aliphatic heterocycles. The van der Waals surface area contributed by atoms with E-state index in [4.69, 9.17) is 4.74 Å². The summed E-state index contributed by atoms with van der Waals surface area (Å²) in [7, 11) is 1.58. The Morgan fingerprint density at radius 3 is 2.93 bits per heavy atom. The van der Waals surface area contributed by atoms with Crippen LogP contribution >= 0.6 is 0 Å². The molecular weight excluding hydrogens is 360 g/mol. The molecule has 10 heteroatoms. The number of rotatable bonds is 4. The molecule has 0 unspecified atom stereocenters. The molecule has 4 aromatic heterocycles. The van der Waals surface area contributed by atoms with Crippen LogP contribution in [0.4, 0.5) is 5.95 Å². The van der Waals surface area contributed by atoms with Gasteiger partial charge in [0.1, 0.15) is 5.52 Å². The van der Waals surface area contributed by atoms with Gasteiger partial charge >= 0.3 is 0 Å². The molecule has 0 saturated carbocycles. The number of fused-ring (bicyclic) bond motifs is 2. The molecule has 142 valence electrons. The summed E-state index contributed by atoms with van der Waals surface area (Å²) >= 11 is 0. The third kappa shape index (κ3) is 2.61. The fraction of sp³-hybridized carbons (Fsp3) is 0.278. The number of likely N-dealkylation sites (tertiary alicyclic amines) is 1. The Balaban J connectivity index is 1.50. The Labute approximate surface area is 159 Å². The van der Waals surface area contributed by atoms with Crippen LogP contribution in [0, 0.1) is 0 Å². The average Bonchev–Trinajstić information content (AvgIpc) is 3.29. The molecule has 1 amide bonds. The Kier molecular flexibility index (Phi) is 3.64. The van der Waals surface area contributed by atoms with E-state index in [1.807, 2.05) is 29.1 Å². The first kappa shape index (κ1) is 16.5. The molecule has 0 aliphatic carbocycles. The van der Waals surface area contributed by atoms with Crippen LogP contribution in [0.5, 0.6) is 5.88 Å². The Bertz CT molecular complexity index is 1190. The molecule has 0 bridgehead atoms. The van der Waals surface area contributed by atoms with Gasteiger partial charge in [-0.1, -0.05) is 0 Å². The van der Waals surface area contributed by atoms with Crippen LogP contribution in [0.3, 0.4) is 0 Å². The molecule has 0 radical (unpaired) electrons. The number of nitrogens with zero attached hydrogens (tertiary/aromatic N) is 7. The lowest BCUT2D eigenvalue weighted by Crippen LogP contribution is -2.56. The van der Waals surface area contributed by atoms with Gasteiger partial charge in [-0.3, -0.25) is 9.20 Å². The highest BCUT2D eigenvalue weighted by Gasteiger charge is 2.29. The zero-order valence-electron chi connectivity index (χ0n) is 15.4. The number of carbonyl (C=O) groups is 1. The maximum atomic E-state index is 11.3. The van der Waals surface area contributed by atoms with Crippen molar-refractivity contribution in [3.8, 4) is 17.0 Å². The number of imidazole rings is 1. The Morgan fingerprint density at radius 2 is 2.14 bits per heavy atom. The van der Waals surface area contributed by atoms with Crippen molar-refractivity contribution in [3.05, 3.63) is 37.1 Å². The summed E-state index contributed by atoms with van der Waals surface area (Å²) in [6.45, 7) is 2.86. The normalized spacial score (nSPS) is 14.4. The van der Waals surface area contributed by atoms with Crippen molar-refractivity contribution in [1.82, 2.24) is 33.9 Å². The second-order valence-corrected chi connectivity index (χ2v) is 6.71. The molecule has 4 aromatic rings. The molecule has 1 saturated heterocycles. The third-order valence-electron chi connectivity index (χ3n) is 4.89. The second kappa shape index (κ2) is 6.19. The molecule has 28 heavy (non-hydrogen) atoms. The maximum absolute atomic E-state index is 11.3. The van der Waals surface area contributed by atoms with Gasteiger partial charge < -0.3 is 15.0 Å². The highest BCUT2D eigenvalue weighted by Crippen LogP contribution is 2.31. The Morgan fingerprint density at radius 1 is 1.29 bits per heavy atom. The predicted octanol–water partition coefficient (Wildman–Crippen LogP) is 1.09. The molecule has 0 aromatic carbocycles. The highest BCUT2D eigenvalue weighted by atomic mass is 16.5. The van der Waals surface area contributed by atoms with Crippen molar-refractivity contribution < 1.29 is 9.53 Å². The largest absolute Gasteiger partial charge is 0.479 e. The van der Waals surface area contributed by atoms with Crippen molar-refractivity contribution in [3.63, 3.8) is 0 Å². The van der Waals surface area contributed by atoms with Crippen molar-refractivity contribution >= 4 is 23.1 Å². The van der Waals surface area contributed by atoms with E-state index >= 15 is 0 Å². The average molecular weight is 378 g/mol. The van der Waals surface area contributed by atoms with E-state index in [1.54, 1.807) is 35.8 Å². The lowest BCUT2D eigenvalue weighted by atomic mass is 10.1. The summed E-state index contributed by atoms with van der Waals surface area (Å²) in [5.41, 5.74) is 2.58. The zero-order chi connectivity index (χ0) is 19.3. The predicted molar refractivity (Wildman–Crippen MR) is 101 cm³/mol. The molecule has 5 heterocycles. The molecule has 1 N–H and O–H groups in total. The van der Waals surface area contributed by atoms with E-state index in [0.29, 0.717) is 30.7 Å². The van der Waals surface area contributed by atoms with E-state index in [-0.39, 0.29) is 11.9 Å². The summed E-state index contributed by atoms with van der Waals surface area (Å²) in [6, 6.07) is 2.09. The smallest absolute Gasteiger partial charge is 0.244 e. The van der Waals surface area contributed by atoms with Gasteiger partial charge in [0, 0.05) is 62.1 Å². The first-order valence-corrected chi connectivity index (χ1v) is 8.87. The fourth-order valence-corrected chi connectivity index (χ4v) is 3.39. The van der Waals surface area contributed by atoms with Crippen molar-refractivity contribution in [1.29, 1.82) is 0 Å². The molecule has 1 fully saturated rings. The highest BCUT2D eigenvalue weighted by molar-refractivity contribution is 5.84. The van der Waals surface area contributed by atoms with Gasteiger partial charge in [-0.25, -0.2) is 14.5 Å². The molecule has 1 aliphatic rings. The molecule has 5 rings (SSSR count). The van der Waals surface area contributed by atoms with Crippen molar-refractivity contribution in [2.45, 2.75) is 13.0 Å². The van der Waals surface area contributed by atoms with E-state index in [2.05, 4.69) is 25.4 Å². The monoisotopic (exact) mass is 378 g/mol. The van der Waals surface area contributed by atoms with Gasteiger partial charge in [0.2, 0.25) is 23.5 Å². The van der Waals surface area contributed by atoms with Crippen LogP contribution in [0.1, 0.15) is 6.92 Å². The number of ether oxygens (including phenoxy) is 1. The second-order valence-electron chi connectivity index (χ2n) is 6.71. The SMILES string of the molecule is COc1nc(NC2CN(C(C)=O)C2)nn2ccc(-c3cnc4nccn4c3)c12. The number of anilines is 1. The van der Waals surface area contributed by atoms with E-state index in [9.17, 15) is 4.79 Å². The summed E-state index contributed by atoms with van der Waals surface area (Å²) in [4.78, 5) is 26.2. The van der Waals surface area contributed by atoms with Crippen LogP contribution in [0.15, 0.2) is 37.1 Å². The van der Waals surface area contributed by atoms with Gasteiger partial charge in [-0.05, 0) is 6.07 Å². The maximum Gasteiger partial charge on any atom is 0.244 e. The number of aromatic nitrogens is 6. The summed E-state index contributed by atoms with van der Waals surface area (Å²) in [6.07, 6.45) is 9.15. The van der Waals surface area contributed by atoms with Crippen LogP contribution in [-0.2, 0) is 4.79 Å². The number of nitrogens with one attached hydrogen (secondary N) is 1. The number of hydrogen-bond donors (Lipinski definition) is 1. The molecule has 10 nitrogen and oxygen atoms in total. The number of amides is 1. The lowest BCUT2D eigenvalue weighted by molar-refractivity contribution is -0.132. The van der Waals surface area contributed by atoms with Crippen molar-refractivity contribution in [2.24, 2.45) is 0 Å². The minimum atomic E-state index is 0.0746. The summed E-state index contributed by atoms with van der Waals surface area (Å²) < 4.78 is 9.14. The standard InChI is InChI=1S/C18H18N8O2/c1-11(27)25-9-13(10-25)21-17-22-16(28-2)15-14(3-5-26(15)23-17)12-7-20-18-19-4-6-24(18)8-12/h3-8,13H,9-10H2,1-2H3,(H,21,23). The van der Waals surface area contributed by atoms with Crippen LogP contribution < -0.4 is 10.1 Å². The van der Waals surface area contributed by atoms with Crippen molar-refractivity contribution in [2.75, 3.05) is 25.5 Å². The number of methoxy groups -OCH3 is 1. The summed E-state index contributed by atoms with van der Waals surface area (Å²) in [5.74, 6) is 1.64. The van der Waals surface area contributed by atoms with Gasteiger partial charge in [0.05, 0.1) is 13.2 Å². The molecular formula is C18H18N8O2. The van der Waals surface area contributed by atoms with E-state index in [1.165, 1.54) is 0 Å². The third-order valence-corrected chi connectivity index (χ3v) is 4.89. The van der Waals surface area contributed by atoms with E-state index in [0.717, 1.165) is 16.6 Å². The van der Waals surface area contributed by atoms with Gasteiger partial charge in [-0.2, -0.15) is 4.98 Å². The van der Waals surface area contributed by atoms with E-state index < -0.39 is 0 Å². The quantitative estimate of drug-likeness (QED) is 0.567.